The van der Waals surface area contributed by atoms with E-state index in [1.54, 1.807) is 0 Å². The molecule has 1 aromatic rings. The van der Waals surface area contributed by atoms with E-state index in [1.165, 1.54) is 0 Å². The van der Waals surface area contributed by atoms with Crippen LogP contribution in [0.1, 0.15) is 18.5 Å². The van der Waals surface area contributed by atoms with Crippen LogP contribution in [0.5, 0.6) is 0 Å². The third kappa shape index (κ3) is 2.27. The van der Waals surface area contributed by atoms with E-state index >= 15 is 0 Å². The SMILES string of the molecule is C[C@@H](NC(=O)O)c1ccccc1. The van der Waals surface area contributed by atoms with Crippen molar-refractivity contribution in [2.45, 2.75) is 13.0 Å². The third-order valence-corrected chi connectivity index (χ3v) is 1.64. The van der Waals surface area contributed by atoms with E-state index in [4.69, 9.17) is 5.11 Å². The van der Waals surface area contributed by atoms with Gasteiger partial charge in [0.15, 0.2) is 0 Å². The maximum Gasteiger partial charge on any atom is 0.405 e. The lowest BCUT2D eigenvalue weighted by Crippen LogP contribution is -2.24. The van der Waals surface area contributed by atoms with Gasteiger partial charge in [0.2, 0.25) is 0 Å². The van der Waals surface area contributed by atoms with Gasteiger partial charge >= 0.3 is 6.09 Å². The molecule has 64 valence electrons. The summed E-state index contributed by atoms with van der Waals surface area (Å²) in [4.78, 5) is 10.3. The van der Waals surface area contributed by atoms with E-state index < -0.39 is 6.09 Å². The van der Waals surface area contributed by atoms with Crippen LogP contribution >= 0.6 is 0 Å². The van der Waals surface area contributed by atoms with E-state index in [-0.39, 0.29) is 6.04 Å². The van der Waals surface area contributed by atoms with Crippen LogP contribution in [0.3, 0.4) is 0 Å². The fraction of sp³-hybridized carbons (Fsp3) is 0.222. The van der Waals surface area contributed by atoms with Gasteiger partial charge in [0, 0.05) is 0 Å². The van der Waals surface area contributed by atoms with Crippen molar-refractivity contribution in [3.05, 3.63) is 35.9 Å². The standard InChI is InChI=1S/C9H11NO2/c1-7(10-9(11)12)8-5-3-2-4-6-8/h2-7,10H,1H3,(H,11,12)/t7-/m1/s1. The van der Waals surface area contributed by atoms with E-state index in [2.05, 4.69) is 5.32 Å². The Labute approximate surface area is 71.0 Å². The molecule has 0 aliphatic carbocycles. The molecule has 3 heteroatoms. The van der Waals surface area contributed by atoms with Crippen LogP contribution in [0.4, 0.5) is 4.79 Å². The molecule has 0 aliphatic heterocycles. The Bertz CT molecular complexity index is 258. The summed E-state index contributed by atoms with van der Waals surface area (Å²) >= 11 is 0. The predicted octanol–water partition coefficient (Wildman–Crippen LogP) is 2.02. The normalized spacial score (nSPS) is 12.1. The van der Waals surface area contributed by atoms with Crippen LogP contribution in [-0.2, 0) is 0 Å². The largest absolute Gasteiger partial charge is 0.465 e. The molecule has 1 rings (SSSR count). The van der Waals surface area contributed by atoms with E-state index in [1.807, 2.05) is 37.3 Å². The molecule has 1 aromatic carbocycles. The molecule has 3 nitrogen and oxygen atoms in total. The quantitative estimate of drug-likeness (QED) is 0.704. The molecular formula is C9H11NO2. The first-order chi connectivity index (χ1) is 5.70. The van der Waals surface area contributed by atoms with Crippen LogP contribution in [0.2, 0.25) is 0 Å². The molecule has 12 heavy (non-hydrogen) atoms. The first-order valence-corrected chi connectivity index (χ1v) is 3.74. The van der Waals surface area contributed by atoms with Crippen LogP contribution in [0, 0.1) is 0 Å². The van der Waals surface area contributed by atoms with Crippen LogP contribution in [-0.4, -0.2) is 11.2 Å². The van der Waals surface area contributed by atoms with E-state index in [9.17, 15) is 4.79 Å². The number of carbonyl (C=O) groups is 1. The Morgan fingerprint density at radius 1 is 1.42 bits per heavy atom. The van der Waals surface area contributed by atoms with Crippen molar-refractivity contribution in [3.63, 3.8) is 0 Å². The van der Waals surface area contributed by atoms with Crippen LogP contribution in [0.15, 0.2) is 30.3 Å². The molecule has 0 bridgehead atoms. The van der Waals surface area contributed by atoms with Gasteiger partial charge in [-0.15, -0.1) is 0 Å². The van der Waals surface area contributed by atoms with Crippen LogP contribution < -0.4 is 5.32 Å². The monoisotopic (exact) mass is 165 g/mol. The topological polar surface area (TPSA) is 49.3 Å². The maximum atomic E-state index is 10.3. The van der Waals surface area contributed by atoms with Gasteiger partial charge in [-0.2, -0.15) is 0 Å². The lowest BCUT2D eigenvalue weighted by atomic mass is 10.1. The van der Waals surface area contributed by atoms with E-state index in [0.29, 0.717) is 0 Å². The summed E-state index contributed by atoms with van der Waals surface area (Å²) in [7, 11) is 0. The average Bonchev–Trinajstić information content (AvgIpc) is 2.05. The molecule has 0 unspecified atom stereocenters. The summed E-state index contributed by atoms with van der Waals surface area (Å²) in [6.45, 7) is 1.81. The first-order valence-electron chi connectivity index (χ1n) is 3.74. The highest BCUT2D eigenvalue weighted by Crippen LogP contribution is 2.10. The Morgan fingerprint density at radius 2 is 2.00 bits per heavy atom. The maximum absolute atomic E-state index is 10.3. The molecular weight excluding hydrogens is 154 g/mol. The fourth-order valence-corrected chi connectivity index (χ4v) is 1.01. The number of hydrogen-bond donors (Lipinski definition) is 2. The number of amides is 1. The number of carboxylic acid groups (broad SMARTS) is 1. The smallest absolute Gasteiger partial charge is 0.405 e. The molecule has 0 saturated carbocycles. The van der Waals surface area contributed by atoms with Gasteiger partial charge in [0.25, 0.3) is 0 Å². The zero-order valence-electron chi connectivity index (χ0n) is 6.82. The Morgan fingerprint density at radius 3 is 2.50 bits per heavy atom. The molecule has 0 aromatic heterocycles. The number of hydrogen-bond acceptors (Lipinski definition) is 1. The molecule has 0 radical (unpaired) electrons. The molecule has 2 N–H and O–H groups in total. The summed E-state index contributed by atoms with van der Waals surface area (Å²) < 4.78 is 0. The Hall–Kier alpha value is -1.51. The van der Waals surface area contributed by atoms with Crippen LogP contribution in [0.25, 0.3) is 0 Å². The highest BCUT2D eigenvalue weighted by Gasteiger charge is 2.05. The fourth-order valence-electron chi connectivity index (χ4n) is 1.01. The first kappa shape index (κ1) is 8.59. The second-order valence-electron chi connectivity index (χ2n) is 2.58. The minimum Gasteiger partial charge on any atom is -0.465 e. The summed E-state index contributed by atoms with van der Waals surface area (Å²) in [6.07, 6.45) is -0.994. The van der Waals surface area contributed by atoms with Crippen molar-refractivity contribution in [3.8, 4) is 0 Å². The molecule has 1 amide bonds. The highest BCUT2D eigenvalue weighted by atomic mass is 16.4. The van der Waals surface area contributed by atoms with Gasteiger partial charge in [0.05, 0.1) is 6.04 Å². The molecule has 0 aliphatic rings. The van der Waals surface area contributed by atoms with Gasteiger partial charge in [-0.1, -0.05) is 30.3 Å². The number of benzene rings is 1. The predicted molar refractivity (Wildman–Crippen MR) is 46.0 cm³/mol. The molecule has 0 heterocycles. The Balaban J connectivity index is 2.65. The van der Waals surface area contributed by atoms with Gasteiger partial charge in [-0.25, -0.2) is 4.79 Å². The van der Waals surface area contributed by atoms with Crippen molar-refractivity contribution in [2.75, 3.05) is 0 Å². The van der Waals surface area contributed by atoms with Gasteiger partial charge < -0.3 is 10.4 Å². The van der Waals surface area contributed by atoms with Crippen molar-refractivity contribution >= 4 is 6.09 Å². The second kappa shape index (κ2) is 3.76. The average molecular weight is 165 g/mol. The van der Waals surface area contributed by atoms with Gasteiger partial charge in [-0.05, 0) is 12.5 Å². The minimum atomic E-state index is -0.994. The summed E-state index contributed by atoms with van der Waals surface area (Å²) in [5.74, 6) is 0. The van der Waals surface area contributed by atoms with Crippen molar-refractivity contribution in [2.24, 2.45) is 0 Å². The minimum absolute atomic E-state index is 0.149. The molecule has 0 spiro atoms. The zero-order chi connectivity index (χ0) is 8.97. The van der Waals surface area contributed by atoms with Crippen molar-refractivity contribution in [1.29, 1.82) is 0 Å². The van der Waals surface area contributed by atoms with Gasteiger partial charge in [0.1, 0.15) is 0 Å². The lowest BCUT2D eigenvalue weighted by Gasteiger charge is -2.10. The zero-order valence-corrected chi connectivity index (χ0v) is 6.82. The Kier molecular flexibility index (Phi) is 2.69. The van der Waals surface area contributed by atoms with E-state index in [0.717, 1.165) is 5.56 Å². The summed E-state index contributed by atoms with van der Waals surface area (Å²) in [5.41, 5.74) is 0.972. The molecule has 1 atom stereocenters. The van der Waals surface area contributed by atoms with Crippen molar-refractivity contribution < 1.29 is 9.90 Å². The van der Waals surface area contributed by atoms with Gasteiger partial charge in [-0.3, -0.25) is 0 Å². The number of rotatable bonds is 2. The van der Waals surface area contributed by atoms with Crippen molar-refractivity contribution in [1.82, 2.24) is 5.32 Å². The molecule has 0 fully saturated rings. The lowest BCUT2D eigenvalue weighted by molar-refractivity contribution is 0.191. The third-order valence-electron chi connectivity index (χ3n) is 1.64. The number of nitrogens with one attached hydrogen (secondary N) is 1. The summed E-state index contributed by atoms with van der Waals surface area (Å²) in [5, 5.41) is 10.8. The second-order valence-corrected chi connectivity index (χ2v) is 2.58. The summed E-state index contributed by atoms with van der Waals surface area (Å²) in [6, 6.07) is 9.30. The molecule has 0 saturated heterocycles. The highest BCUT2D eigenvalue weighted by molar-refractivity contribution is 5.65.